The van der Waals surface area contributed by atoms with E-state index in [2.05, 4.69) is 35.1 Å². The Morgan fingerprint density at radius 2 is 2.03 bits per heavy atom. The minimum absolute atomic E-state index is 0.274. The normalized spacial score (nSPS) is 12.6. The molecule has 1 aliphatic rings. The number of methoxy groups -OCH3 is 1. The number of carbonyl (C=O) groups is 1. The van der Waals surface area contributed by atoms with Crippen molar-refractivity contribution in [2.45, 2.75) is 26.2 Å². The van der Waals surface area contributed by atoms with Crippen LogP contribution in [0.5, 0.6) is 5.75 Å². The highest BCUT2D eigenvalue weighted by molar-refractivity contribution is 6.39. The van der Waals surface area contributed by atoms with Crippen LogP contribution < -0.4 is 15.0 Å². The molecule has 8 heteroatoms. The molecule has 35 heavy (non-hydrogen) atoms. The zero-order valence-corrected chi connectivity index (χ0v) is 21.8. The minimum Gasteiger partial charge on any atom is -0.495 e. The summed E-state index contributed by atoms with van der Waals surface area (Å²) < 4.78 is 5.51. The summed E-state index contributed by atoms with van der Waals surface area (Å²) in [6, 6.07) is 7.77. The van der Waals surface area contributed by atoms with Gasteiger partial charge in [-0.25, -0.2) is 0 Å². The Bertz CT molecular complexity index is 1310. The number of rotatable bonds is 7. The number of amides is 1. The summed E-state index contributed by atoms with van der Waals surface area (Å²) in [5.74, 6) is 0.340. The molecule has 0 aliphatic heterocycles. The predicted molar refractivity (Wildman–Crippen MR) is 146 cm³/mol. The topological polar surface area (TPSA) is 70.2 Å². The average molecular weight is 511 g/mol. The molecule has 0 atom stereocenters. The standard InChI is InChI=1S/C27H28Cl2N4O2/c1-6-15-13-22(35-5)26(29)24(25(15)28)16-8-10-18-21(12-16)31-32-27(18)19-14-17(33(3)4)9-11-20(19)30-23(34)7-2/h7,9,11-14H,2,6,8,10H2,1,3-5H3,(H,30,34)(H,31,32). The lowest BCUT2D eigenvalue weighted by Crippen LogP contribution is -2.12. The van der Waals surface area contributed by atoms with E-state index in [9.17, 15) is 4.79 Å². The molecule has 0 saturated heterocycles. The molecule has 1 aliphatic carbocycles. The van der Waals surface area contributed by atoms with Crippen molar-refractivity contribution < 1.29 is 9.53 Å². The van der Waals surface area contributed by atoms with Crippen LogP contribution in [0.2, 0.25) is 10.0 Å². The highest BCUT2D eigenvalue weighted by atomic mass is 35.5. The largest absolute Gasteiger partial charge is 0.495 e. The number of fused-ring (bicyclic) bond motifs is 1. The SMILES string of the molecule is C=CC(=O)Nc1ccc(N(C)C)cc1-c1n[nH]c2c1CCC(c1c(Cl)c(CC)cc(OC)c1Cl)=C2. The van der Waals surface area contributed by atoms with Gasteiger partial charge >= 0.3 is 0 Å². The van der Waals surface area contributed by atoms with E-state index in [4.69, 9.17) is 27.9 Å². The Morgan fingerprint density at radius 3 is 2.69 bits per heavy atom. The highest BCUT2D eigenvalue weighted by Gasteiger charge is 2.25. The van der Waals surface area contributed by atoms with Crippen LogP contribution in [0.3, 0.4) is 0 Å². The lowest BCUT2D eigenvalue weighted by atomic mass is 9.88. The average Bonchev–Trinajstić information content (AvgIpc) is 3.27. The fourth-order valence-electron chi connectivity index (χ4n) is 4.33. The summed E-state index contributed by atoms with van der Waals surface area (Å²) in [5, 5.41) is 11.9. The minimum atomic E-state index is -0.274. The fraction of sp³-hybridized carbons (Fsp3) is 0.259. The third-order valence-electron chi connectivity index (χ3n) is 6.24. The first-order valence-corrected chi connectivity index (χ1v) is 12.1. The van der Waals surface area contributed by atoms with Crippen molar-refractivity contribution in [3.05, 3.63) is 69.3 Å². The first kappa shape index (κ1) is 24.9. The van der Waals surface area contributed by atoms with E-state index in [0.717, 1.165) is 64.2 Å². The predicted octanol–water partition coefficient (Wildman–Crippen LogP) is 6.63. The number of benzene rings is 2. The van der Waals surface area contributed by atoms with E-state index in [1.54, 1.807) is 7.11 Å². The van der Waals surface area contributed by atoms with Crippen LogP contribution in [-0.4, -0.2) is 37.3 Å². The molecule has 1 amide bonds. The number of ether oxygens (including phenoxy) is 1. The number of H-pyrrole nitrogens is 1. The Balaban J connectivity index is 1.83. The number of aryl methyl sites for hydroxylation is 1. The van der Waals surface area contributed by atoms with Crippen LogP contribution in [0, 0.1) is 0 Å². The van der Waals surface area contributed by atoms with Gasteiger partial charge in [0, 0.05) is 36.5 Å². The molecule has 3 aromatic rings. The molecule has 182 valence electrons. The van der Waals surface area contributed by atoms with Gasteiger partial charge in [0.2, 0.25) is 5.91 Å². The summed E-state index contributed by atoms with van der Waals surface area (Å²) in [6.45, 7) is 5.61. The van der Waals surface area contributed by atoms with Gasteiger partial charge in [-0.3, -0.25) is 9.89 Å². The van der Waals surface area contributed by atoms with Gasteiger partial charge < -0.3 is 15.0 Å². The maximum atomic E-state index is 12.1. The van der Waals surface area contributed by atoms with Crippen molar-refractivity contribution in [3.8, 4) is 17.0 Å². The lowest BCUT2D eigenvalue weighted by Gasteiger charge is -2.20. The van der Waals surface area contributed by atoms with E-state index in [1.165, 1.54) is 6.08 Å². The Hall–Kier alpha value is -3.22. The number of nitrogens with zero attached hydrogens (tertiary/aromatic N) is 2. The van der Waals surface area contributed by atoms with Crippen LogP contribution in [0.15, 0.2) is 36.9 Å². The molecule has 2 aromatic carbocycles. The monoisotopic (exact) mass is 510 g/mol. The van der Waals surface area contributed by atoms with Gasteiger partial charge in [0.25, 0.3) is 0 Å². The zero-order valence-electron chi connectivity index (χ0n) is 20.3. The maximum absolute atomic E-state index is 12.1. The second-order valence-corrected chi connectivity index (χ2v) is 9.30. The molecule has 0 saturated carbocycles. The number of hydrogen-bond donors (Lipinski definition) is 2. The van der Waals surface area contributed by atoms with Gasteiger partial charge in [-0.05, 0) is 66.8 Å². The molecular weight excluding hydrogens is 483 g/mol. The van der Waals surface area contributed by atoms with E-state index < -0.39 is 0 Å². The molecule has 4 rings (SSSR count). The third kappa shape index (κ3) is 4.68. The molecule has 2 N–H and O–H groups in total. The van der Waals surface area contributed by atoms with E-state index in [0.29, 0.717) is 21.5 Å². The number of allylic oxidation sites excluding steroid dienone is 1. The number of halogens is 2. The summed E-state index contributed by atoms with van der Waals surface area (Å²) in [4.78, 5) is 14.1. The molecule has 0 radical (unpaired) electrons. The van der Waals surface area contributed by atoms with Gasteiger partial charge in [0.1, 0.15) is 5.75 Å². The van der Waals surface area contributed by atoms with Crippen LogP contribution in [0.4, 0.5) is 11.4 Å². The van der Waals surface area contributed by atoms with E-state index in [1.807, 2.05) is 43.3 Å². The van der Waals surface area contributed by atoms with Gasteiger partial charge in [0.05, 0.1) is 34.2 Å². The number of nitrogens with one attached hydrogen (secondary N) is 2. The number of aromatic amines is 1. The van der Waals surface area contributed by atoms with Gasteiger partial charge in [-0.15, -0.1) is 0 Å². The first-order chi connectivity index (χ1) is 16.8. The van der Waals surface area contributed by atoms with E-state index in [-0.39, 0.29) is 5.91 Å². The summed E-state index contributed by atoms with van der Waals surface area (Å²) in [7, 11) is 5.56. The zero-order chi connectivity index (χ0) is 25.3. The van der Waals surface area contributed by atoms with Crippen molar-refractivity contribution in [1.82, 2.24) is 10.2 Å². The molecule has 6 nitrogen and oxygen atoms in total. The molecule has 0 fully saturated rings. The number of aromatic nitrogens is 2. The fourth-order valence-corrected chi connectivity index (χ4v) is 5.13. The number of carbonyl (C=O) groups excluding carboxylic acids is 1. The first-order valence-electron chi connectivity index (χ1n) is 11.4. The maximum Gasteiger partial charge on any atom is 0.247 e. The third-order valence-corrected chi connectivity index (χ3v) is 7.05. The van der Waals surface area contributed by atoms with Crippen molar-refractivity contribution in [2.75, 3.05) is 31.4 Å². The van der Waals surface area contributed by atoms with E-state index >= 15 is 0 Å². The van der Waals surface area contributed by atoms with Crippen LogP contribution in [0.1, 0.15) is 35.7 Å². The quantitative estimate of drug-likeness (QED) is 0.349. The van der Waals surface area contributed by atoms with Crippen LogP contribution >= 0.6 is 23.2 Å². The second-order valence-electron chi connectivity index (χ2n) is 8.55. The number of hydrogen-bond acceptors (Lipinski definition) is 4. The lowest BCUT2D eigenvalue weighted by molar-refractivity contribution is -0.111. The number of anilines is 2. The van der Waals surface area contributed by atoms with Gasteiger partial charge in [0.15, 0.2) is 0 Å². The molecule has 0 unspecified atom stereocenters. The summed E-state index contributed by atoms with van der Waals surface area (Å²) in [5.41, 5.74) is 8.11. The molecule has 0 spiro atoms. The Labute approximate surface area is 215 Å². The van der Waals surface area contributed by atoms with Gasteiger partial charge in [-0.2, -0.15) is 5.10 Å². The molecule has 1 heterocycles. The van der Waals surface area contributed by atoms with Crippen molar-refractivity contribution in [2.24, 2.45) is 0 Å². The smallest absolute Gasteiger partial charge is 0.247 e. The summed E-state index contributed by atoms with van der Waals surface area (Å²) >= 11 is 13.5. The Morgan fingerprint density at radius 1 is 1.26 bits per heavy atom. The molecular formula is C27H28Cl2N4O2. The highest BCUT2D eigenvalue weighted by Crippen LogP contribution is 2.45. The van der Waals surface area contributed by atoms with Crippen LogP contribution in [-0.2, 0) is 17.6 Å². The van der Waals surface area contributed by atoms with Crippen molar-refractivity contribution in [1.29, 1.82) is 0 Å². The van der Waals surface area contributed by atoms with Crippen molar-refractivity contribution >= 4 is 52.1 Å². The Kier molecular flexibility index (Phi) is 7.24. The van der Waals surface area contributed by atoms with Crippen molar-refractivity contribution in [3.63, 3.8) is 0 Å². The second kappa shape index (κ2) is 10.2. The van der Waals surface area contributed by atoms with Gasteiger partial charge in [-0.1, -0.05) is 36.7 Å². The molecule has 1 aromatic heterocycles. The molecule has 0 bridgehead atoms. The summed E-state index contributed by atoms with van der Waals surface area (Å²) in [6.07, 6.45) is 5.55. The van der Waals surface area contributed by atoms with Crippen LogP contribution in [0.25, 0.3) is 22.9 Å².